The van der Waals surface area contributed by atoms with E-state index in [2.05, 4.69) is 15.8 Å². The van der Waals surface area contributed by atoms with Crippen LogP contribution < -0.4 is 4.90 Å². The molecular formula is C19H19N5O4. The number of benzene rings is 1. The normalized spacial score (nSPS) is 17.0. The van der Waals surface area contributed by atoms with E-state index in [1.807, 2.05) is 35.2 Å². The summed E-state index contributed by atoms with van der Waals surface area (Å²) in [6.45, 7) is 1.96. The molecule has 1 aromatic carbocycles. The molecule has 144 valence electrons. The van der Waals surface area contributed by atoms with E-state index in [9.17, 15) is 20.2 Å². The van der Waals surface area contributed by atoms with Crippen molar-refractivity contribution in [2.75, 3.05) is 31.6 Å². The van der Waals surface area contributed by atoms with Crippen LogP contribution in [0, 0.1) is 21.4 Å². The molecule has 1 aliphatic heterocycles. The van der Waals surface area contributed by atoms with Gasteiger partial charge in [-0.15, -0.1) is 0 Å². The van der Waals surface area contributed by atoms with Crippen molar-refractivity contribution in [2.45, 2.75) is 12.6 Å². The SMILES string of the molecule is COC(=O)c1cnc(N2CCN(Cc3ccccc3)C(C#N)C2)c([N+](=O)[O-])c1. The molecule has 1 saturated heterocycles. The molecule has 3 rings (SSSR count). The molecule has 1 fully saturated rings. The van der Waals surface area contributed by atoms with Crippen molar-refractivity contribution < 1.29 is 14.5 Å². The van der Waals surface area contributed by atoms with Crippen molar-refractivity contribution in [1.82, 2.24) is 9.88 Å². The number of nitriles is 1. The summed E-state index contributed by atoms with van der Waals surface area (Å²) in [6.07, 6.45) is 1.26. The first-order chi connectivity index (χ1) is 13.5. The van der Waals surface area contributed by atoms with E-state index in [-0.39, 0.29) is 23.6 Å². The molecule has 9 nitrogen and oxygen atoms in total. The summed E-state index contributed by atoms with van der Waals surface area (Å²) in [6, 6.07) is 12.8. The molecule has 2 aromatic rings. The van der Waals surface area contributed by atoms with Crippen molar-refractivity contribution >= 4 is 17.5 Å². The van der Waals surface area contributed by atoms with Gasteiger partial charge in [-0.1, -0.05) is 30.3 Å². The molecule has 0 amide bonds. The lowest BCUT2D eigenvalue weighted by atomic mass is 10.1. The maximum atomic E-state index is 11.6. The second-order valence-electron chi connectivity index (χ2n) is 6.36. The third-order valence-electron chi connectivity index (χ3n) is 4.63. The number of ether oxygens (including phenoxy) is 1. The summed E-state index contributed by atoms with van der Waals surface area (Å²) in [4.78, 5) is 30.4. The Balaban J connectivity index is 1.81. The fraction of sp³-hybridized carbons (Fsp3) is 0.316. The third kappa shape index (κ3) is 4.07. The average Bonchev–Trinajstić information content (AvgIpc) is 2.73. The van der Waals surface area contributed by atoms with Gasteiger partial charge in [0.05, 0.1) is 23.7 Å². The third-order valence-corrected chi connectivity index (χ3v) is 4.63. The number of piperazine rings is 1. The van der Waals surface area contributed by atoms with E-state index in [0.717, 1.165) is 11.6 Å². The first kappa shape index (κ1) is 19.3. The van der Waals surface area contributed by atoms with E-state index in [1.165, 1.54) is 13.3 Å². The standard InChI is InChI=1S/C19H19N5O4/c1-28-19(25)15-9-17(24(26)27)18(21-11-15)23-8-7-22(16(10-20)13-23)12-14-5-3-2-4-6-14/h2-6,9,11,16H,7-8,12-13H2,1H3. The molecule has 0 spiro atoms. The maximum absolute atomic E-state index is 11.6. The number of hydrogen-bond donors (Lipinski definition) is 0. The minimum absolute atomic E-state index is 0.0116. The van der Waals surface area contributed by atoms with Crippen molar-refractivity contribution in [2.24, 2.45) is 0 Å². The molecule has 0 N–H and O–H groups in total. The van der Waals surface area contributed by atoms with Gasteiger partial charge in [-0.25, -0.2) is 9.78 Å². The van der Waals surface area contributed by atoms with Crippen LogP contribution in [0.25, 0.3) is 0 Å². The number of pyridine rings is 1. The van der Waals surface area contributed by atoms with E-state index in [0.29, 0.717) is 19.6 Å². The molecule has 2 heterocycles. The highest BCUT2D eigenvalue weighted by Gasteiger charge is 2.32. The van der Waals surface area contributed by atoms with Gasteiger partial charge in [-0.3, -0.25) is 15.0 Å². The minimum atomic E-state index is -0.690. The van der Waals surface area contributed by atoms with Crippen molar-refractivity contribution in [1.29, 1.82) is 5.26 Å². The number of methoxy groups -OCH3 is 1. The number of aromatic nitrogens is 1. The van der Waals surface area contributed by atoms with Gasteiger partial charge < -0.3 is 9.64 Å². The highest BCUT2D eigenvalue weighted by molar-refractivity contribution is 5.90. The van der Waals surface area contributed by atoms with E-state index in [4.69, 9.17) is 0 Å². The summed E-state index contributed by atoms with van der Waals surface area (Å²) in [5, 5.41) is 21.1. The first-order valence-electron chi connectivity index (χ1n) is 8.68. The Hall–Kier alpha value is -3.51. The highest BCUT2D eigenvalue weighted by Crippen LogP contribution is 2.29. The molecule has 1 unspecified atom stereocenters. The van der Waals surface area contributed by atoms with Crippen LogP contribution in [-0.4, -0.2) is 53.6 Å². The van der Waals surface area contributed by atoms with Crippen LogP contribution in [0.3, 0.4) is 0 Å². The maximum Gasteiger partial charge on any atom is 0.339 e. The Bertz CT molecular complexity index is 912. The van der Waals surface area contributed by atoms with Crippen LogP contribution in [0.15, 0.2) is 42.6 Å². The van der Waals surface area contributed by atoms with Crippen LogP contribution >= 0.6 is 0 Å². The largest absolute Gasteiger partial charge is 0.465 e. The van der Waals surface area contributed by atoms with Gasteiger partial charge in [0.2, 0.25) is 5.82 Å². The molecule has 9 heteroatoms. The number of hydrogen-bond acceptors (Lipinski definition) is 8. The average molecular weight is 381 g/mol. The molecule has 1 aromatic heterocycles. The monoisotopic (exact) mass is 381 g/mol. The zero-order chi connectivity index (χ0) is 20.1. The number of nitrogens with zero attached hydrogens (tertiary/aromatic N) is 5. The molecular weight excluding hydrogens is 362 g/mol. The summed E-state index contributed by atoms with van der Waals surface area (Å²) in [7, 11) is 1.20. The second-order valence-corrected chi connectivity index (χ2v) is 6.36. The van der Waals surface area contributed by atoms with Crippen molar-refractivity contribution in [3.8, 4) is 6.07 Å². The zero-order valence-corrected chi connectivity index (χ0v) is 15.3. The Morgan fingerprint density at radius 3 is 2.79 bits per heavy atom. The fourth-order valence-electron chi connectivity index (χ4n) is 3.20. The molecule has 28 heavy (non-hydrogen) atoms. The zero-order valence-electron chi connectivity index (χ0n) is 15.3. The molecule has 0 bridgehead atoms. The van der Waals surface area contributed by atoms with Gasteiger partial charge in [-0.05, 0) is 5.56 Å². The van der Waals surface area contributed by atoms with Gasteiger partial charge in [0.1, 0.15) is 6.04 Å². The number of anilines is 1. The van der Waals surface area contributed by atoms with E-state index < -0.39 is 16.9 Å². The lowest BCUT2D eigenvalue weighted by Gasteiger charge is -2.38. The van der Waals surface area contributed by atoms with Crippen molar-refractivity contribution in [3.05, 3.63) is 63.8 Å². The van der Waals surface area contributed by atoms with E-state index in [1.54, 1.807) is 4.90 Å². The number of nitro groups is 1. The van der Waals surface area contributed by atoms with Gasteiger partial charge >= 0.3 is 11.7 Å². The van der Waals surface area contributed by atoms with Gasteiger partial charge in [0.15, 0.2) is 0 Å². The highest BCUT2D eigenvalue weighted by atomic mass is 16.6. The van der Waals surface area contributed by atoms with Crippen LogP contribution in [0.2, 0.25) is 0 Å². The summed E-state index contributed by atoms with van der Waals surface area (Å²) in [5.41, 5.74) is 0.830. The quantitative estimate of drug-likeness (QED) is 0.439. The second kappa shape index (κ2) is 8.45. The number of carbonyl (C=O) groups is 1. The van der Waals surface area contributed by atoms with Crippen LogP contribution in [0.1, 0.15) is 15.9 Å². The first-order valence-corrected chi connectivity index (χ1v) is 8.68. The molecule has 1 atom stereocenters. The fourth-order valence-corrected chi connectivity index (χ4v) is 3.20. The number of esters is 1. The lowest BCUT2D eigenvalue weighted by molar-refractivity contribution is -0.384. The predicted octanol–water partition coefficient (Wildman–Crippen LogP) is 1.99. The summed E-state index contributed by atoms with van der Waals surface area (Å²) in [5.74, 6) is -0.540. The Kier molecular flexibility index (Phi) is 5.81. The van der Waals surface area contributed by atoms with Crippen LogP contribution in [-0.2, 0) is 11.3 Å². The van der Waals surface area contributed by atoms with E-state index >= 15 is 0 Å². The van der Waals surface area contributed by atoms with Gasteiger partial charge in [0, 0.05) is 38.4 Å². The molecule has 0 aliphatic carbocycles. The van der Waals surface area contributed by atoms with Crippen molar-refractivity contribution in [3.63, 3.8) is 0 Å². The predicted molar refractivity (Wildman–Crippen MR) is 101 cm³/mol. The Morgan fingerprint density at radius 2 is 2.14 bits per heavy atom. The minimum Gasteiger partial charge on any atom is -0.465 e. The van der Waals surface area contributed by atoms with Crippen LogP contribution in [0.5, 0.6) is 0 Å². The molecule has 0 saturated carbocycles. The number of rotatable bonds is 5. The summed E-state index contributed by atoms with van der Waals surface area (Å²) >= 11 is 0. The lowest BCUT2D eigenvalue weighted by Crippen LogP contribution is -2.52. The Morgan fingerprint density at radius 1 is 1.39 bits per heavy atom. The van der Waals surface area contributed by atoms with Gasteiger partial charge in [-0.2, -0.15) is 5.26 Å². The summed E-state index contributed by atoms with van der Waals surface area (Å²) < 4.78 is 4.60. The Labute approximate surface area is 161 Å². The molecule has 1 aliphatic rings. The van der Waals surface area contributed by atoms with Crippen LogP contribution in [0.4, 0.5) is 11.5 Å². The van der Waals surface area contributed by atoms with Gasteiger partial charge in [0.25, 0.3) is 0 Å². The number of carbonyl (C=O) groups excluding carboxylic acids is 1. The topological polar surface area (TPSA) is 113 Å². The smallest absolute Gasteiger partial charge is 0.339 e. The molecule has 0 radical (unpaired) electrons.